The molecule has 140 valence electrons. The normalized spacial score (nSPS) is 18.8. The topological polar surface area (TPSA) is 79.4 Å². The Labute approximate surface area is 151 Å². The minimum Gasteiger partial charge on any atom is -0.301 e. The van der Waals surface area contributed by atoms with E-state index < -0.39 is 38.6 Å². The molecule has 1 saturated heterocycles. The van der Waals surface area contributed by atoms with E-state index in [2.05, 4.69) is 10.3 Å². The molecule has 1 aliphatic rings. The molecule has 0 radical (unpaired) electrons. The van der Waals surface area contributed by atoms with Gasteiger partial charge in [-0.25, -0.2) is 13.4 Å². The summed E-state index contributed by atoms with van der Waals surface area (Å²) in [5.74, 6) is -0.606. The van der Waals surface area contributed by atoms with E-state index in [0.29, 0.717) is 17.6 Å². The number of nitrogens with one attached hydrogen (secondary N) is 1. The minimum atomic E-state index is -4.82. The van der Waals surface area contributed by atoms with Crippen molar-refractivity contribution < 1.29 is 26.4 Å². The third-order valence-electron chi connectivity index (χ3n) is 3.95. The van der Waals surface area contributed by atoms with E-state index >= 15 is 0 Å². The number of aromatic nitrogens is 1. The molecule has 6 nitrogen and oxygen atoms in total. The molecular weight excluding hydrogens is 391 g/mol. The largest absolute Gasteiger partial charge is 0.417 e. The number of nitrogens with zero attached hydrogens (tertiary/aromatic N) is 2. The molecule has 2 heterocycles. The van der Waals surface area contributed by atoms with Gasteiger partial charge in [-0.05, 0) is 25.0 Å². The number of hydrogen-bond donors (Lipinski definition) is 1. The fourth-order valence-electron chi connectivity index (χ4n) is 2.82. The maximum atomic E-state index is 13.2. The smallest absolute Gasteiger partial charge is 0.301 e. The molecule has 1 aromatic heterocycles. The Morgan fingerprint density at radius 1 is 1.31 bits per heavy atom. The molecule has 26 heavy (non-hydrogen) atoms. The number of carbonyl (C=O) groups is 1. The monoisotopic (exact) mass is 405 g/mol. The van der Waals surface area contributed by atoms with Crippen molar-refractivity contribution in [2.45, 2.75) is 30.0 Å². The van der Waals surface area contributed by atoms with Crippen molar-refractivity contribution in [3.05, 3.63) is 41.4 Å². The molecule has 1 amide bonds. The van der Waals surface area contributed by atoms with Gasteiger partial charge in [0.1, 0.15) is 6.04 Å². The number of thiazole rings is 1. The van der Waals surface area contributed by atoms with Crippen LogP contribution in [0.25, 0.3) is 0 Å². The van der Waals surface area contributed by atoms with E-state index in [1.807, 2.05) is 0 Å². The number of hydrogen-bond acceptors (Lipinski definition) is 5. The molecule has 0 spiro atoms. The summed E-state index contributed by atoms with van der Waals surface area (Å²) in [6.07, 6.45) is -2.74. The first kappa shape index (κ1) is 18.8. The van der Waals surface area contributed by atoms with Gasteiger partial charge in [-0.15, -0.1) is 11.3 Å². The molecule has 1 atom stereocenters. The first-order valence-corrected chi connectivity index (χ1v) is 9.91. The molecule has 0 aliphatic carbocycles. The molecular formula is C15H14F3N3O3S2. The molecule has 1 unspecified atom stereocenters. The maximum absolute atomic E-state index is 13.2. The molecule has 1 aliphatic heterocycles. The highest BCUT2D eigenvalue weighted by atomic mass is 32.2. The first-order chi connectivity index (χ1) is 12.2. The number of rotatable bonds is 4. The summed E-state index contributed by atoms with van der Waals surface area (Å²) < 4.78 is 66.2. The van der Waals surface area contributed by atoms with E-state index in [-0.39, 0.29) is 13.0 Å². The Hall–Kier alpha value is -1.98. The molecule has 3 rings (SSSR count). The van der Waals surface area contributed by atoms with Gasteiger partial charge in [0.15, 0.2) is 5.13 Å². The number of sulfonamides is 1. The van der Waals surface area contributed by atoms with E-state index in [4.69, 9.17) is 0 Å². The van der Waals surface area contributed by atoms with Crippen molar-refractivity contribution in [3.8, 4) is 0 Å². The second-order valence-electron chi connectivity index (χ2n) is 5.59. The van der Waals surface area contributed by atoms with Crippen LogP contribution >= 0.6 is 11.3 Å². The van der Waals surface area contributed by atoms with Gasteiger partial charge >= 0.3 is 6.18 Å². The highest BCUT2D eigenvalue weighted by Gasteiger charge is 2.44. The van der Waals surface area contributed by atoms with Gasteiger partial charge in [-0.3, -0.25) is 4.79 Å². The standard InChI is InChI=1S/C15H14F3N3O3S2/c16-15(17,18)10-4-1-2-6-12(10)26(23,24)21-8-3-5-11(21)13(22)20-14-19-7-9-25-14/h1-2,4,6-7,9,11H,3,5,8H2,(H,19,20,22). The lowest BCUT2D eigenvalue weighted by atomic mass is 10.2. The number of amides is 1. The molecule has 1 N–H and O–H groups in total. The van der Waals surface area contributed by atoms with Gasteiger partial charge < -0.3 is 5.32 Å². The Kier molecular flexibility index (Phi) is 5.04. The van der Waals surface area contributed by atoms with Crippen molar-refractivity contribution in [3.63, 3.8) is 0 Å². The number of alkyl halides is 3. The summed E-state index contributed by atoms with van der Waals surface area (Å²) in [6, 6.07) is 2.89. The van der Waals surface area contributed by atoms with Gasteiger partial charge in [0.2, 0.25) is 15.9 Å². The van der Waals surface area contributed by atoms with Crippen molar-refractivity contribution in [1.82, 2.24) is 9.29 Å². The van der Waals surface area contributed by atoms with Crippen LogP contribution in [0.5, 0.6) is 0 Å². The van der Waals surface area contributed by atoms with Crippen LogP contribution in [0.4, 0.5) is 18.3 Å². The molecule has 11 heteroatoms. The average Bonchev–Trinajstić information content (AvgIpc) is 3.25. The van der Waals surface area contributed by atoms with Gasteiger partial charge in [-0.1, -0.05) is 12.1 Å². The highest BCUT2D eigenvalue weighted by molar-refractivity contribution is 7.89. The van der Waals surface area contributed by atoms with Crippen LogP contribution in [0.3, 0.4) is 0 Å². The summed E-state index contributed by atoms with van der Waals surface area (Å²) in [7, 11) is -4.49. The third-order valence-corrected chi connectivity index (χ3v) is 6.60. The SMILES string of the molecule is O=C(Nc1nccs1)C1CCCN1S(=O)(=O)c1ccccc1C(F)(F)F. The number of halogens is 3. The minimum absolute atomic E-state index is 0.0233. The van der Waals surface area contributed by atoms with Crippen LogP contribution < -0.4 is 5.32 Å². The quantitative estimate of drug-likeness (QED) is 0.848. The van der Waals surface area contributed by atoms with Crippen LogP contribution in [-0.2, 0) is 21.0 Å². The van der Waals surface area contributed by atoms with Crippen molar-refractivity contribution in [2.75, 3.05) is 11.9 Å². The van der Waals surface area contributed by atoms with Crippen LogP contribution in [0.2, 0.25) is 0 Å². The first-order valence-electron chi connectivity index (χ1n) is 7.59. The van der Waals surface area contributed by atoms with E-state index in [9.17, 15) is 26.4 Å². The number of anilines is 1. The summed E-state index contributed by atoms with van der Waals surface area (Å²) >= 11 is 1.16. The van der Waals surface area contributed by atoms with E-state index in [1.54, 1.807) is 5.38 Å². The molecule has 0 saturated carbocycles. The van der Waals surface area contributed by atoms with Crippen LogP contribution in [0.15, 0.2) is 40.7 Å². The molecule has 2 aromatic rings. The fraction of sp³-hybridized carbons (Fsp3) is 0.333. The average molecular weight is 405 g/mol. The zero-order valence-corrected chi connectivity index (χ0v) is 14.9. The second kappa shape index (κ2) is 6.97. The van der Waals surface area contributed by atoms with Crippen molar-refractivity contribution >= 4 is 32.4 Å². The van der Waals surface area contributed by atoms with E-state index in [0.717, 1.165) is 27.8 Å². The lowest BCUT2D eigenvalue weighted by Crippen LogP contribution is -2.43. The predicted molar refractivity (Wildman–Crippen MR) is 89.1 cm³/mol. The zero-order valence-electron chi connectivity index (χ0n) is 13.2. The van der Waals surface area contributed by atoms with E-state index in [1.165, 1.54) is 12.3 Å². The van der Waals surface area contributed by atoms with Crippen LogP contribution in [-0.4, -0.2) is 36.2 Å². The summed E-state index contributed by atoms with van der Waals surface area (Å²) in [5.41, 5.74) is -1.24. The predicted octanol–water partition coefficient (Wildman–Crippen LogP) is 2.95. The lowest BCUT2D eigenvalue weighted by molar-refractivity contribution is -0.139. The summed E-state index contributed by atoms with van der Waals surface area (Å²) in [5, 5.41) is 4.44. The Morgan fingerprint density at radius 3 is 2.69 bits per heavy atom. The molecule has 1 aromatic carbocycles. The summed E-state index contributed by atoms with van der Waals surface area (Å²) in [6.45, 7) is -0.0233. The summed E-state index contributed by atoms with van der Waals surface area (Å²) in [4.78, 5) is 15.5. The van der Waals surface area contributed by atoms with Gasteiger partial charge in [0.05, 0.1) is 10.5 Å². The van der Waals surface area contributed by atoms with Crippen molar-refractivity contribution in [1.29, 1.82) is 0 Å². The Morgan fingerprint density at radius 2 is 2.04 bits per heavy atom. The van der Waals surface area contributed by atoms with Gasteiger partial charge in [0, 0.05) is 18.1 Å². The van der Waals surface area contributed by atoms with Crippen LogP contribution in [0, 0.1) is 0 Å². The van der Waals surface area contributed by atoms with Crippen molar-refractivity contribution in [2.24, 2.45) is 0 Å². The molecule has 1 fully saturated rings. The number of carbonyl (C=O) groups excluding carboxylic acids is 1. The van der Waals surface area contributed by atoms with Gasteiger partial charge in [0.25, 0.3) is 0 Å². The fourth-order valence-corrected chi connectivity index (χ4v) is 5.22. The number of benzene rings is 1. The Bertz CT molecular complexity index is 898. The lowest BCUT2D eigenvalue weighted by Gasteiger charge is -2.24. The second-order valence-corrected chi connectivity index (χ2v) is 8.35. The van der Waals surface area contributed by atoms with Crippen LogP contribution in [0.1, 0.15) is 18.4 Å². The Balaban J connectivity index is 1.93. The highest BCUT2D eigenvalue weighted by Crippen LogP contribution is 2.37. The van der Waals surface area contributed by atoms with Gasteiger partial charge in [-0.2, -0.15) is 17.5 Å². The maximum Gasteiger partial charge on any atom is 0.417 e. The zero-order chi connectivity index (χ0) is 18.9. The third kappa shape index (κ3) is 3.60. The molecule has 0 bridgehead atoms.